The van der Waals surface area contributed by atoms with E-state index in [1.54, 1.807) is 31.4 Å². The summed E-state index contributed by atoms with van der Waals surface area (Å²) in [5.41, 5.74) is -0.208. The van der Waals surface area contributed by atoms with Crippen molar-refractivity contribution in [3.8, 4) is 23.0 Å². The van der Waals surface area contributed by atoms with Crippen molar-refractivity contribution in [3.05, 3.63) is 59.0 Å². The third kappa shape index (κ3) is 4.27. The zero-order chi connectivity index (χ0) is 22.8. The van der Waals surface area contributed by atoms with Crippen LogP contribution in [0.3, 0.4) is 0 Å². The minimum absolute atomic E-state index is 0.00901. The van der Waals surface area contributed by atoms with Crippen LogP contribution in [-0.4, -0.2) is 64.8 Å². The Balaban J connectivity index is 1.54. The van der Waals surface area contributed by atoms with E-state index >= 15 is 0 Å². The third-order valence-corrected chi connectivity index (χ3v) is 5.10. The Morgan fingerprint density at radius 2 is 1.62 bits per heavy atom. The molecule has 1 aliphatic heterocycles. The summed E-state index contributed by atoms with van der Waals surface area (Å²) in [5.74, 6) is 1.24. The summed E-state index contributed by atoms with van der Waals surface area (Å²) < 4.78 is 27.1. The molecule has 0 spiro atoms. The van der Waals surface area contributed by atoms with E-state index in [0.29, 0.717) is 11.5 Å². The summed E-state index contributed by atoms with van der Waals surface area (Å²) in [4.78, 5) is 12.8. The van der Waals surface area contributed by atoms with Crippen LogP contribution in [-0.2, 0) is 4.74 Å². The second-order valence-electron chi connectivity index (χ2n) is 7.18. The van der Waals surface area contributed by atoms with Crippen molar-refractivity contribution < 1.29 is 43.8 Å². The van der Waals surface area contributed by atoms with E-state index in [2.05, 4.69) is 0 Å². The quantitative estimate of drug-likeness (QED) is 0.428. The SMILES string of the molecule is COc1ccc(Oc2coc3cc(O[C@@H]4O[C@H](CO)[C@H](O)[C@@H](O)[C@@H]4O)ccc3c2=O)cc1. The average Bonchev–Trinajstić information content (AvgIpc) is 2.81. The number of fused-ring (bicyclic) bond motifs is 1. The first-order chi connectivity index (χ1) is 15.4. The Morgan fingerprint density at radius 3 is 2.31 bits per heavy atom. The van der Waals surface area contributed by atoms with Crippen LogP contribution in [0.25, 0.3) is 11.0 Å². The number of hydrogen-bond acceptors (Lipinski definition) is 10. The molecule has 1 aliphatic rings. The number of aliphatic hydroxyl groups is 4. The van der Waals surface area contributed by atoms with Gasteiger partial charge in [0, 0.05) is 6.07 Å². The van der Waals surface area contributed by atoms with Crippen LogP contribution in [0.5, 0.6) is 23.0 Å². The van der Waals surface area contributed by atoms with E-state index in [1.165, 1.54) is 24.5 Å². The predicted molar refractivity (Wildman–Crippen MR) is 110 cm³/mol. The standard InChI is InChI=1S/C22H22O10/c1-28-11-2-4-12(5-3-11)30-17-10-29-15-8-13(6-7-14(15)18(17)24)31-22-21(27)20(26)19(25)16(9-23)32-22/h2-8,10,16,19-23,25-27H,9H2,1H3/t16-,19+,20-,21+,22-/m1/s1. The smallest absolute Gasteiger partial charge is 0.235 e. The van der Waals surface area contributed by atoms with E-state index in [1.807, 2.05) is 0 Å². The monoisotopic (exact) mass is 446 g/mol. The normalized spacial score (nSPS) is 25.5. The van der Waals surface area contributed by atoms with E-state index in [0.717, 1.165) is 0 Å². The van der Waals surface area contributed by atoms with Crippen molar-refractivity contribution in [2.45, 2.75) is 30.7 Å². The van der Waals surface area contributed by atoms with Crippen molar-refractivity contribution in [1.82, 2.24) is 0 Å². The maximum atomic E-state index is 12.8. The molecule has 0 bridgehead atoms. The fourth-order valence-electron chi connectivity index (χ4n) is 3.30. The van der Waals surface area contributed by atoms with Gasteiger partial charge in [-0.15, -0.1) is 0 Å². The maximum Gasteiger partial charge on any atom is 0.235 e. The summed E-state index contributed by atoms with van der Waals surface area (Å²) in [6, 6.07) is 11.0. The summed E-state index contributed by atoms with van der Waals surface area (Å²) in [5, 5.41) is 39.4. The molecule has 32 heavy (non-hydrogen) atoms. The lowest BCUT2D eigenvalue weighted by atomic mass is 9.99. The van der Waals surface area contributed by atoms with Crippen LogP contribution in [0, 0.1) is 0 Å². The molecule has 1 fully saturated rings. The first-order valence-corrected chi connectivity index (χ1v) is 9.76. The van der Waals surface area contributed by atoms with E-state index in [4.69, 9.17) is 23.4 Å². The fraction of sp³-hybridized carbons (Fsp3) is 0.318. The first-order valence-electron chi connectivity index (χ1n) is 9.76. The van der Waals surface area contributed by atoms with Gasteiger partial charge in [-0.3, -0.25) is 4.79 Å². The van der Waals surface area contributed by atoms with Gasteiger partial charge < -0.3 is 43.8 Å². The molecular formula is C22H22O10. The van der Waals surface area contributed by atoms with Gasteiger partial charge in [0.25, 0.3) is 0 Å². The molecule has 2 heterocycles. The molecule has 4 N–H and O–H groups in total. The van der Waals surface area contributed by atoms with Gasteiger partial charge in [0.05, 0.1) is 19.1 Å². The van der Waals surface area contributed by atoms with Crippen molar-refractivity contribution >= 4 is 11.0 Å². The number of ether oxygens (including phenoxy) is 4. The van der Waals surface area contributed by atoms with Gasteiger partial charge in [-0.25, -0.2) is 0 Å². The van der Waals surface area contributed by atoms with Crippen LogP contribution in [0.1, 0.15) is 0 Å². The highest BCUT2D eigenvalue weighted by Crippen LogP contribution is 2.28. The third-order valence-electron chi connectivity index (χ3n) is 5.10. The molecule has 4 rings (SSSR count). The van der Waals surface area contributed by atoms with Crippen molar-refractivity contribution in [2.24, 2.45) is 0 Å². The van der Waals surface area contributed by atoms with E-state index < -0.39 is 42.7 Å². The van der Waals surface area contributed by atoms with Gasteiger partial charge in [0.1, 0.15) is 53.5 Å². The largest absolute Gasteiger partial charge is 0.497 e. The lowest BCUT2D eigenvalue weighted by Crippen LogP contribution is -2.60. The highest BCUT2D eigenvalue weighted by atomic mass is 16.7. The average molecular weight is 446 g/mol. The summed E-state index contributed by atoms with van der Waals surface area (Å²) in [6.07, 6.45) is -5.90. The van der Waals surface area contributed by atoms with Crippen LogP contribution < -0.4 is 19.6 Å². The van der Waals surface area contributed by atoms with Gasteiger partial charge in [0.2, 0.25) is 17.5 Å². The molecule has 2 aromatic carbocycles. The zero-order valence-electron chi connectivity index (χ0n) is 17.0. The predicted octanol–water partition coefficient (Wildman–Crippen LogP) is 0.773. The van der Waals surface area contributed by atoms with Crippen molar-refractivity contribution in [1.29, 1.82) is 0 Å². The molecule has 170 valence electrons. The summed E-state index contributed by atoms with van der Waals surface area (Å²) in [7, 11) is 1.54. The fourth-order valence-corrected chi connectivity index (χ4v) is 3.30. The topological polar surface area (TPSA) is 148 Å². The van der Waals surface area contributed by atoms with Gasteiger partial charge in [-0.2, -0.15) is 0 Å². The molecule has 3 aromatic rings. The number of aliphatic hydroxyl groups excluding tert-OH is 4. The maximum absolute atomic E-state index is 12.8. The number of benzene rings is 2. The van der Waals surface area contributed by atoms with Gasteiger partial charge in [-0.1, -0.05) is 0 Å². The van der Waals surface area contributed by atoms with Crippen LogP contribution in [0.15, 0.2) is 57.9 Å². The molecule has 1 aromatic heterocycles. The Bertz CT molecular complexity index is 1120. The molecule has 0 radical (unpaired) electrons. The molecule has 5 atom stereocenters. The van der Waals surface area contributed by atoms with Gasteiger partial charge in [0.15, 0.2) is 0 Å². The van der Waals surface area contributed by atoms with Crippen LogP contribution in [0.2, 0.25) is 0 Å². The minimum Gasteiger partial charge on any atom is -0.497 e. The Morgan fingerprint density at radius 1 is 0.938 bits per heavy atom. The van der Waals surface area contributed by atoms with Crippen molar-refractivity contribution in [3.63, 3.8) is 0 Å². The molecule has 10 nitrogen and oxygen atoms in total. The zero-order valence-corrected chi connectivity index (χ0v) is 17.0. The Kier molecular flexibility index (Phi) is 6.31. The highest BCUT2D eigenvalue weighted by molar-refractivity contribution is 5.79. The van der Waals surface area contributed by atoms with Crippen LogP contribution >= 0.6 is 0 Å². The minimum atomic E-state index is -1.57. The first kappa shape index (κ1) is 22.1. The molecule has 10 heteroatoms. The highest BCUT2D eigenvalue weighted by Gasteiger charge is 2.44. The Hall–Kier alpha value is -3.15. The molecule has 0 saturated carbocycles. The second-order valence-corrected chi connectivity index (χ2v) is 7.18. The van der Waals surface area contributed by atoms with E-state index in [-0.39, 0.29) is 22.5 Å². The van der Waals surface area contributed by atoms with Crippen molar-refractivity contribution in [2.75, 3.05) is 13.7 Å². The molecular weight excluding hydrogens is 424 g/mol. The lowest BCUT2D eigenvalue weighted by Gasteiger charge is -2.39. The molecule has 0 unspecified atom stereocenters. The second kappa shape index (κ2) is 9.15. The van der Waals surface area contributed by atoms with Gasteiger partial charge in [-0.05, 0) is 36.4 Å². The number of methoxy groups -OCH3 is 1. The molecule has 0 aliphatic carbocycles. The summed E-state index contributed by atoms with van der Waals surface area (Å²) in [6.45, 7) is -0.575. The van der Waals surface area contributed by atoms with Gasteiger partial charge >= 0.3 is 0 Å². The summed E-state index contributed by atoms with van der Waals surface area (Å²) >= 11 is 0. The Labute approximate surface area is 181 Å². The number of rotatable bonds is 6. The molecule has 1 saturated heterocycles. The van der Waals surface area contributed by atoms with E-state index in [9.17, 15) is 25.2 Å². The molecule has 0 amide bonds. The number of hydrogen-bond donors (Lipinski definition) is 4. The van der Waals surface area contributed by atoms with Crippen LogP contribution in [0.4, 0.5) is 0 Å². The lowest BCUT2D eigenvalue weighted by molar-refractivity contribution is -0.277.